The SMILES string of the molecule is Cl.Nc1ncc(-c2nc(N3CCOCC3)nc3c2cnn3C2CCN(C(=O)c3ccc(F)cc3)CC2)cn1. The first-order chi connectivity index (χ1) is 18.1. The first-order valence-electron chi connectivity index (χ1n) is 12.3. The van der Waals surface area contributed by atoms with Crippen LogP contribution in [0.3, 0.4) is 0 Å². The molecule has 0 unspecified atom stereocenters. The number of anilines is 2. The summed E-state index contributed by atoms with van der Waals surface area (Å²) in [6.07, 6.45) is 6.54. The van der Waals surface area contributed by atoms with Gasteiger partial charge in [0.2, 0.25) is 11.9 Å². The molecular weight excluding hydrogens is 513 g/mol. The molecule has 1 amide bonds. The lowest BCUT2D eigenvalue weighted by atomic mass is 10.0. The Morgan fingerprint density at radius 3 is 2.34 bits per heavy atom. The van der Waals surface area contributed by atoms with E-state index in [0.717, 1.165) is 29.4 Å². The van der Waals surface area contributed by atoms with Crippen molar-refractivity contribution in [1.82, 2.24) is 34.6 Å². The van der Waals surface area contributed by atoms with Crippen LogP contribution in [0.2, 0.25) is 0 Å². The quantitative estimate of drug-likeness (QED) is 0.416. The summed E-state index contributed by atoms with van der Waals surface area (Å²) in [6, 6.07) is 5.74. The summed E-state index contributed by atoms with van der Waals surface area (Å²) in [7, 11) is 0. The minimum Gasteiger partial charge on any atom is -0.378 e. The van der Waals surface area contributed by atoms with Gasteiger partial charge in [0.05, 0.1) is 36.5 Å². The fourth-order valence-corrected chi connectivity index (χ4v) is 4.86. The molecule has 0 aliphatic carbocycles. The molecule has 13 heteroatoms. The summed E-state index contributed by atoms with van der Waals surface area (Å²) >= 11 is 0. The number of hydrogen-bond acceptors (Lipinski definition) is 9. The van der Waals surface area contributed by atoms with E-state index in [1.807, 2.05) is 4.68 Å². The van der Waals surface area contributed by atoms with E-state index >= 15 is 0 Å². The third-order valence-electron chi connectivity index (χ3n) is 6.87. The van der Waals surface area contributed by atoms with Gasteiger partial charge < -0.3 is 20.3 Å². The number of fused-ring (bicyclic) bond motifs is 1. The number of piperidine rings is 1. The van der Waals surface area contributed by atoms with Gasteiger partial charge in [-0.25, -0.2) is 24.0 Å². The number of nitrogen functional groups attached to an aromatic ring is 1. The van der Waals surface area contributed by atoms with E-state index in [1.54, 1.807) is 23.5 Å². The van der Waals surface area contributed by atoms with Crippen molar-refractivity contribution in [2.24, 2.45) is 0 Å². The smallest absolute Gasteiger partial charge is 0.253 e. The molecule has 2 aliphatic rings. The summed E-state index contributed by atoms with van der Waals surface area (Å²) in [5.41, 5.74) is 8.35. The third-order valence-corrected chi connectivity index (χ3v) is 6.87. The van der Waals surface area contributed by atoms with Crippen LogP contribution in [0.4, 0.5) is 16.3 Å². The van der Waals surface area contributed by atoms with Crippen molar-refractivity contribution >= 4 is 41.2 Å². The number of nitrogens with two attached hydrogens (primary N) is 1. The zero-order valence-corrected chi connectivity index (χ0v) is 21.3. The Labute approximate surface area is 224 Å². The van der Waals surface area contributed by atoms with E-state index in [4.69, 9.17) is 25.5 Å². The molecule has 2 saturated heterocycles. The van der Waals surface area contributed by atoms with E-state index in [9.17, 15) is 9.18 Å². The van der Waals surface area contributed by atoms with E-state index in [0.29, 0.717) is 56.6 Å². The number of ether oxygens (including phenoxy) is 1. The standard InChI is InChI=1S/C25H26FN9O2.ClH/c26-18-3-1-16(2-4-18)23(36)33-7-5-19(6-8-33)35-22-20(15-30-35)21(17-13-28-24(27)29-14-17)31-25(32-22)34-9-11-37-12-10-34;/h1-4,13-15,19H,5-12H2,(H2,27,28,29);1H. The Morgan fingerprint density at radius 1 is 0.974 bits per heavy atom. The molecular formula is C25H27ClFN9O2. The van der Waals surface area contributed by atoms with Crippen molar-refractivity contribution in [2.75, 3.05) is 50.0 Å². The van der Waals surface area contributed by atoms with Crippen LogP contribution in [0.1, 0.15) is 29.2 Å². The highest BCUT2D eigenvalue weighted by Crippen LogP contribution is 2.32. The lowest BCUT2D eigenvalue weighted by molar-refractivity contribution is 0.0691. The number of rotatable bonds is 4. The Kier molecular flexibility index (Phi) is 7.34. The summed E-state index contributed by atoms with van der Waals surface area (Å²) in [5, 5.41) is 5.51. The molecule has 11 nitrogen and oxygen atoms in total. The number of carbonyl (C=O) groups excluding carboxylic acids is 1. The molecule has 2 N–H and O–H groups in total. The number of aromatic nitrogens is 6. The second kappa shape index (κ2) is 10.8. The first-order valence-corrected chi connectivity index (χ1v) is 12.3. The molecule has 0 spiro atoms. The fourth-order valence-electron chi connectivity index (χ4n) is 4.86. The minimum absolute atomic E-state index is 0. The number of carbonyl (C=O) groups is 1. The second-order valence-electron chi connectivity index (χ2n) is 9.16. The van der Waals surface area contributed by atoms with Gasteiger partial charge in [-0.3, -0.25) is 4.79 Å². The molecule has 2 fully saturated rings. The number of amides is 1. The van der Waals surface area contributed by atoms with Gasteiger partial charge in [0.1, 0.15) is 5.82 Å². The van der Waals surface area contributed by atoms with E-state index in [2.05, 4.69) is 14.9 Å². The average Bonchev–Trinajstić information content (AvgIpc) is 3.38. The molecule has 2 aliphatic heterocycles. The van der Waals surface area contributed by atoms with Gasteiger partial charge >= 0.3 is 0 Å². The van der Waals surface area contributed by atoms with Crippen LogP contribution in [0.5, 0.6) is 0 Å². The maximum atomic E-state index is 13.3. The Balaban J connectivity index is 0.00000294. The normalized spacial score (nSPS) is 16.4. The maximum absolute atomic E-state index is 13.3. The number of halogens is 2. The molecule has 0 radical (unpaired) electrons. The molecule has 0 atom stereocenters. The number of likely N-dealkylation sites (tertiary alicyclic amines) is 1. The highest BCUT2D eigenvalue weighted by Gasteiger charge is 2.28. The molecule has 0 saturated carbocycles. The number of morpholine rings is 1. The highest BCUT2D eigenvalue weighted by atomic mass is 35.5. The highest BCUT2D eigenvalue weighted by molar-refractivity contribution is 5.94. The van der Waals surface area contributed by atoms with Gasteiger partial charge in [-0.15, -0.1) is 12.4 Å². The lowest BCUT2D eigenvalue weighted by Crippen LogP contribution is -2.39. The monoisotopic (exact) mass is 539 g/mol. The van der Waals surface area contributed by atoms with Crippen molar-refractivity contribution < 1.29 is 13.9 Å². The number of benzene rings is 1. The molecule has 6 rings (SSSR count). The molecule has 3 aromatic heterocycles. The van der Waals surface area contributed by atoms with Crippen LogP contribution in [0, 0.1) is 5.82 Å². The van der Waals surface area contributed by atoms with E-state index in [1.165, 1.54) is 24.3 Å². The molecule has 198 valence electrons. The molecule has 38 heavy (non-hydrogen) atoms. The lowest BCUT2D eigenvalue weighted by Gasteiger charge is -2.32. The molecule has 0 bridgehead atoms. The average molecular weight is 540 g/mol. The summed E-state index contributed by atoms with van der Waals surface area (Å²) in [6.45, 7) is 3.76. The summed E-state index contributed by atoms with van der Waals surface area (Å²) in [4.78, 5) is 34.9. The van der Waals surface area contributed by atoms with Gasteiger partial charge in [0.25, 0.3) is 5.91 Å². The van der Waals surface area contributed by atoms with Crippen LogP contribution >= 0.6 is 12.4 Å². The van der Waals surface area contributed by atoms with Crippen LogP contribution < -0.4 is 10.6 Å². The first kappa shape index (κ1) is 25.7. The Hall–Kier alpha value is -3.90. The molecule has 1 aromatic carbocycles. The van der Waals surface area contributed by atoms with Crippen molar-refractivity contribution in [3.05, 3.63) is 54.2 Å². The Morgan fingerprint density at radius 2 is 1.66 bits per heavy atom. The van der Waals surface area contributed by atoms with Crippen LogP contribution in [-0.2, 0) is 4.74 Å². The van der Waals surface area contributed by atoms with Gasteiger partial charge in [-0.05, 0) is 37.1 Å². The zero-order valence-electron chi connectivity index (χ0n) is 20.5. The topological polar surface area (TPSA) is 128 Å². The van der Waals surface area contributed by atoms with Crippen molar-refractivity contribution in [2.45, 2.75) is 18.9 Å². The van der Waals surface area contributed by atoms with Crippen molar-refractivity contribution in [1.29, 1.82) is 0 Å². The predicted molar refractivity (Wildman–Crippen MR) is 142 cm³/mol. The van der Waals surface area contributed by atoms with Gasteiger partial charge in [-0.2, -0.15) is 10.1 Å². The summed E-state index contributed by atoms with van der Waals surface area (Å²) in [5.74, 6) is 0.351. The van der Waals surface area contributed by atoms with Gasteiger partial charge in [0.15, 0.2) is 5.65 Å². The fraction of sp³-hybridized carbons (Fsp3) is 0.360. The minimum atomic E-state index is -0.357. The molecule has 4 aromatic rings. The van der Waals surface area contributed by atoms with E-state index < -0.39 is 0 Å². The van der Waals surface area contributed by atoms with Crippen LogP contribution in [-0.4, -0.2) is 79.9 Å². The van der Waals surface area contributed by atoms with Crippen LogP contribution in [0.25, 0.3) is 22.3 Å². The summed E-state index contributed by atoms with van der Waals surface area (Å²) < 4.78 is 20.7. The molecule has 5 heterocycles. The third kappa shape index (κ3) is 4.96. The van der Waals surface area contributed by atoms with Crippen LogP contribution in [0.15, 0.2) is 42.9 Å². The number of hydrogen-bond donors (Lipinski definition) is 1. The second-order valence-corrected chi connectivity index (χ2v) is 9.16. The van der Waals surface area contributed by atoms with Crippen molar-refractivity contribution in [3.63, 3.8) is 0 Å². The Bertz CT molecular complexity index is 1420. The largest absolute Gasteiger partial charge is 0.378 e. The van der Waals surface area contributed by atoms with Gasteiger partial charge in [-0.1, -0.05) is 0 Å². The number of nitrogens with zero attached hydrogens (tertiary/aromatic N) is 8. The van der Waals surface area contributed by atoms with Gasteiger partial charge in [0, 0.05) is 49.7 Å². The maximum Gasteiger partial charge on any atom is 0.253 e. The van der Waals surface area contributed by atoms with Crippen molar-refractivity contribution in [3.8, 4) is 11.3 Å². The predicted octanol–water partition coefficient (Wildman–Crippen LogP) is 2.74. The van der Waals surface area contributed by atoms with E-state index in [-0.39, 0.29) is 36.1 Å². The zero-order chi connectivity index (χ0) is 25.4.